The molecular weight excluding hydrogens is 675 g/mol. The highest BCUT2D eigenvalue weighted by atomic mass is 15.1. The third-order valence-corrected chi connectivity index (χ3v) is 13.5. The Labute approximate surface area is 330 Å². The molecule has 4 fully saturated rings. The molecule has 0 aliphatic heterocycles. The Kier molecular flexibility index (Phi) is 8.20. The molecule has 12 rings (SSSR count). The van der Waals surface area contributed by atoms with Crippen LogP contribution in [0, 0.1) is 23.7 Å². The van der Waals surface area contributed by atoms with Crippen LogP contribution >= 0.6 is 0 Å². The molecule has 0 heterocycles. The van der Waals surface area contributed by atoms with E-state index in [1.54, 1.807) is 5.56 Å². The molecule has 5 unspecified atom stereocenters. The maximum Gasteiger partial charge on any atom is 0.0462 e. The van der Waals surface area contributed by atoms with Crippen LogP contribution in [-0.4, -0.2) is 0 Å². The summed E-state index contributed by atoms with van der Waals surface area (Å²) < 4.78 is 0. The zero-order valence-electron chi connectivity index (χ0n) is 31.6. The van der Waals surface area contributed by atoms with Gasteiger partial charge in [0.25, 0.3) is 0 Å². The number of nitrogens with zero attached hydrogens (tertiary/aromatic N) is 1. The summed E-state index contributed by atoms with van der Waals surface area (Å²) in [5.41, 5.74) is 15.0. The first-order valence-corrected chi connectivity index (χ1v) is 20.6. The third kappa shape index (κ3) is 5.85. The van der Waals surface area contributed by atoms with Crippen LogP contribution in [0.2, 0.25) is 0 Å². The van der Waals surface area contributed by atoms with Crippen molar-refractivity contribution in [2.24, 2.45) is 23.7 Å². The molecule has 1 nitrogen and oxygen atoms in total. The predicted octanol–water partition coefficient (Wildman–Crippen LogP) is 15.1. The van der Waals surface area contributed by atoms with Gasteiger partial charge in [-0.15, -0.1) is 0 Å². The van der Waals surface area contributed by atoms with Crippen LogP contribution in [0.15, 0.2) is 194 Å². The van der Waals surface area contributed by atoms with E-state index in [1.807, 2.05) is 0 Å². The second-order valence-corrected chi connectivity index (χ2v) is 16.6. The average molecular weight is 720 g/mol. The minimum atomic E-state index is 0.693. The maximum atomic E-state index is 2.52. The molecule has 0 radical (unpaired) electrons. The Balaban J connectivity index is 1.00. The summed E-state index contributed by atoms with van der Waals surface area (Å²) in [5, 5.41) is 2.84. The van der Waals surface area contributed by atoms with Gasteiger partial charge in [0.15, 0.2) is 0 Å². The van der Waals surface area contributed by atoms with Gasteiger partial charge in [-0.1, -0.05) is 146 Å². The summed E-state index contributed by atoms with van der Waals surface area (Å²) in [6, 6.07) is 71.7. The molecule has 1 heteroatoms. The second kappa shape index (κ2) is 13.8. The molecule has 0 spiro atoms. The van der Waals surface area contributed by atoms with Crippen molar-refractivity contribution in [3.05, 3.63) is 200 Å². The largest absolute Gasteiger partial charge is 0.311 e. The average Bonchev–Trinajstić information content (AvgIpc) is 3.70. The molecule has 4 saturated carbocycles. The molecule has 8 aromatic rings. The van der Waals surface area contributed by atoms with E-state index in [2.05, 4.69) is 199 Å². The lowest BCUT2D eigenvalue weighted by molar-refractivity contribution is 0.250. The van der Waals surface area contributed by atoms with Crippen molar-refractivity contribution in [3.8, 4) is 44.5 Å². The van der Waals surface area contributed by atoms with Gasteiger partial charge in [0, 0.05) is 17.1 Å². The molecule has 0 aromatic heterocycles. The maximum absolute atomic E-state index is 2.52. The molecule has 8 aromatic carbocycles. The smallest absolute Gasteiger partial charge is 0.0462 e. The SMILES string of the molecule is c1ccc(-c2ccc(N(c3ccc(-c4ccccc4)cc3)c3ccc(-c4cc(-c5ccccc5)c5cccc(C6C7CC8CC(C7)C6C8)c5c4)cc3)cc2)cc1. The molecule has 5 atom stereocenters. The van der Waals surface area contributed by atoms with Gasteiger partial charge in [-0.3, -0.25) is 0 Å². The van der Waals surface area contributed by atoms with E-state index in [1.165, 1.54) is 81.0 Å². The second-order valence-electron chi connectivity index (χ2n) is 16.6. The molecule has 270 valence electrons. The van der Waals surface area contributed by atoms with Gasteiger partial charge < -0.3 is 4.90 Å². The first kappa shape index (κ1) is 33.2. The van der Waals surface area contributed by atoms with E-state index in [9.17, 15) is 0 Å². The third-order valence-electron chi connectivity index (χ3n) is 13.5. The van der Waals surface area contributed by atoms with Crippen LogP contribution < -0.4 is 4.90 Å². The fraction of sp³-hybridized carbons (Fsp3) is 0.164. The zero-order valence-corrected chi connectivity index (χ0v) is 31.6. The highest BCUT2D eigenvalue weighted by molar-refractivity contribution is 6.02. The summed E-state index contributed by atoms with van der Waals surface area (Å²) in [4.78, 5) is 2.38. The molecule has 4 aliphatic rings. The summed E-state index contributed by atoms with van der Waals surface area (Å²) in [7, 11) is 0. The van der Waals surface area contributed by atoms with E-state index in [0.29, 0.717) is 5.92 Å². The number of fused-ring (bicyclic) bond motifs is 1. The van der Waals surface area contributed by atoms with Crippen LogP contribution in [0.3, 0.4) is 0 Å². The molecule has 4 bridgehead atoms. The van der Waals surface area contributed by atoms with E-state index in [4.69, 9.17) is 0 Å². The van der Waals surface area contributed by atoms with Crippen LogP contribution in [0.5, 0.6) is 0 Å². The van der Waals surface area contributed by atoms with Crippen molar-refractivity contribution < 1.29 is 0 Å². The standard InChI is InChI=1S/C55H45N/c1-4-11-38(12-5-1)40-19-25-47(26-20-40)56(48-27-21-41(22-28-48)39-13-6-2-7-14-39)49-29-23-42(24-30-49)44-35-52(43-15-8-3-9-16-43)50-17-10-18-51(54(50)36-44)55-46-32-37-31-45(34-46)53(55)33-37/h1-30,35-37,45-46,53,55H,31-34H2. The summed E-state index contributed by atoms with van der Waals surface area (Å²) in [6.07, 6.45) is 5.78. The fourth-order valence-electron chi connectivity index (χ4n) is 11.1. The fourth-order valence-corrected chi connectivity index (χ4v) is 11.1. The molecule has 56 heavy (non-hydrogen) atoms. The minimum absolute atomic E-state index is 0.693. The van der Waals surface area contributed by atoms with E-state index >= 15 is 0 Å². The number of hydrogen-bond donors (Lipinski definition) is 0. The van der Waals surface area contributed by atoms with Gasteiger partial charge in [-0.25, -0.2) is 0 Å². The van der Waals surface area contributed by atoms with Crippen LogP contribution in [-0.2, 0) is 0 Å². The van der Waals surface area contributed by atoms with Gasteiger partial charge in [0.1, 0.15) is 0 Å². The first-order valence-electron chi connectivity index (χ1n) is 20.6. The predicted molar refractivity (Wildman–Crippen MR) is 236 cm³/mol. The van der Waals surface area contributed by atoms with E-state index in [-0.39, 0.29) is 0 Å². The van der Waals surface area contributed by atoms with Crippen LogP contribution in [0.1, 0.15) is 37.2 Å². The van der Waals surface area contributed by atoms with Crippen molar-refractivity contribution in [2.45, 2.75) is 31.6 Å². The lowest BCUT2D eigenvalue weighted by Crippen LogP contribution is -2.21. The van der Waals surface area contributed by atoms with Crippen molar-refractivity contribution in [1.82, 2.24) is 0 Å². The number of benzene rings is 8. The lowest BCUT2D eigenvalue weighted by atomic mass is 9.71. The lowest BCUT2D eigenvalue weighted by Gasteiger charge is -2.33. The van der Waals surface area contributed by atoms with Crippen molar-refractivity contribution in [3.63, 3.8) is 0 Å². The number of rotatable bonds is 8. The van der Waals surface area contributed by atoms with Gasteiger partial charge in [-0.05, 0) is 165 Å². The Morgan fingerprint density at radius 1 is 0.339 bits per heavy atom. The molecular formula is C55H45N. The Bertz CT molecular complexity index is 2540. The summed E-state index contributed by atoms with van der Waals surface area (Å²) >= 11 is 0. The van der Waals surface area contributed by atoms with Gasteiger partial charge in [0.2, 0.25) is 0 Å². The number of hydrogen-bond acceptors (Lipinski definition) is 1. The van der Waals surface area contributed by atoms with E-state index in [0.717, 1.165) is 40.7 Å². The Morgan fingerprint density at radius 3 is 1.36 bits per heavy atom. The quantitative estimate of drug-likeness (QED) is 0.151. The topological polar surface area (TPSA) is 3.24 Å². The molecule has 0 saturated heterocycles. The van der Waals surface area contributed by atoms with Gasteiger partial charge in [0.05, 0.1) is 0 Å². The highest BCUT2D eigenvalue weighted by Gasteiger charge is 2.54. The Hall–Kier alpha value is -6.18. The molecule has 0 amide bonds. The summed E-state index contributed by atoms with van der Waals surface area (Å²) in [6.45, 7) is 0. The van der Waals surface area contributed by atoms with Crippen LogP contribution in [0.25, 0.3) is 55.3 Å². The first-order chi connectivity index (χ1) is 27.7. The summed E-state index contributed by atoms with van der Waals surface area (Å²) in [5.74, 6) is 4.32. The zero-order chi connectivity index (χ0) is 37.0. The van der Waals surface area contributed by atoms with Gasteiger partial charge in [-0.2, -0.15) is 0 Å². The normalized spacial score (nSPS) is 20.8. The molecule has 4 aliphatic carbocycles. The number of anilines is 3. The highest BCUT2D eigenvalue weighted by Crippen LogP contribution is 2.65. The van der Waals surface area contributed by atoms with Gasteiger partial charge >= 0.3 is 0 Å². The Morgan fingerprint density at radius 2 is 0.821 bits per heavy atom. The van der Waals surface area contributed by atoms with Crippen molar-refractivity contribution in [1.29, 1.82) is 0 Å². The minimum Gasteiger partial charge on any atom is -0.311 e. The van der Waals surface area contributed by atoms with Crippen molar-refractivity contribution >= 4 is 27.8 Å². The van der Waals surface area contributed by atoms with Crippen molar-refractivity contribution in [2.75, 3.05) is 4.90 Å². The van der Waals surface area contributed by atoms with E-state index < -0.39 is 0 Å². The van der Waals surface area contributed by atoms with Crippen LogP contribution in [0.4, 0.5) is 17.1 Å². The molecule has 0 N–H and O–H groups in total. The monoisotopic (exact) mass is 719 g/mol.